The Kier molecular flexibility index (Phi) is 4.75. The van der Waals surface area contributed by atoms with Crippen LogP contribution < -0.4 is 0 Å². The zero-order chi connectivity index (χ0) is 12.1. The third-order valence-corrected chi connectivity index (χ3v) is 4.40. The fourth-order valence-corrected chi connectivity index (χ4v) is 3.08. The van der Waals surface area contributed by atoms with Crippen LogP contribution in [-0.2, 0) is 4.79 Å². The first-order valence-corrected chi connectivity index (χ1v) is 7.29. The van der Waals surface area contributed by atoms with Crippen LogP contribution in [0.2, 0.25) is 5.02 Å². The van der Waals surface area contributed by atoms with E-state index in [1.54, 1.807) is 0 Å². The van der Waals surface area contributed by atoms with Crippen LogP contribution in [0.4, 0.5) is 0 Å². The summed E-state index contributed by atoms with van der Waals surface area (Å²) in [5.74, 6) is 0.721. The monoisotopic (exact) mass is 269 g/mol. The number of carbonyl (C=O) groups is 1. The Labute approximate surface area is 111 Å². The standard InChI is InChI=1S/C13H16ClNOS/c14-11-6-2-3-7-12(11)17-10-13(16)15-8-4-1-5-9-15/h2-3,6-7H,1,4-5,8-10H2. The van der Waals surface area contributed by atoms with Gasteiger partial charge in [-0.3, -0.25) is 4.79 Å². The summed E-state index contributed by atoms with van der Waals surface area (Å²) in [7, 11) is 0. The Morgan fingerprint density at radius 2 is 1.94 bits per heavy atom. The molecule has 1 aromatic rings. The van der Waals surface area contributed by atoms with E-state index in [1.807, 2.05) is 29.2 Å². The molecule has 4 heteroatoms. The molecule has 1 amide bonds. The number of hydrogen-bond donors (Lipinski definition) is 0. The van der Waals surface area contributed by atoms with Crippen molar-refractivity contribution in [1.82, 2.24) is 4.90 Å². The summed E-state index contributed by atoms with van der Waals surface area (Å²) in [5, 5.41) is 0.726. The van der Waals surface area contributed by atoms with Crippen LogP contribution >= 0.6 is 23.4 Å². The van der Waals surface area contributed by atoms with Crippen molar-refractivity contribution >= 4 is 29.3 Å². The topological polar surface area (TPSA) is 20.3 Å². The molecule has 0 unspecified atom stereocenters. The SMILES string of the molecule is O=C(CSc1ccccc1Cl)N1CCCCC1. The minimum Gasteiger partial charge on any atom is -0.342 e. The lowest BCUT2D eigenvalue weighted by molar-refractivity contribution is -0.129. The Morgan fingerprint density at radius 1 is 1.24 bits per heavy atom. The lowest BCUT2D eigenvalue weighted by Crippen LogP contribution is -2.36. The van der Waals surface area contributed by atoms with Crippen LogP contribution in [0.25, 0.3) is 0 Å². The van der Waals surface area contributed by atoms with E-state index in [0.29, 0.717) is 5.75 Å². The van der Waals surface area contributed by atoms with Gasteiger partial charge in [0, 0.05) is 18.0 Å². The van der Waals surface area contributed by atoms with Crippen LogP contribution in [0, 0.1) is 0 Å². The number of hydrogen-bond acceptors (Lipinski definition) is 2. The summed E-state index contributed by atoms with van der Waals surface area (Å²) < 4.78 is 0. The van der Waals surface area contributed by atoms with Gasteiger partial charge in [0.05, 0.1) is 10.8 Å². The minimum absolute atomic E-state index is 0.231. The van der Waals surface area contributed by atoms with E-state index in [-0.39, 0.29) is 5.91 Å². The van der Waals surface area contributed by atoms with Gasteiger partial charge in [-0.2, -0.15) is 0 Å². The molecule has 1 aliphatic heterocycles. The molecule has 0 saturated carbocycles. The molecule has 1 aromatic carbocycles. The second kappa shape index (κ2) is 6.31. The molecule has 0 N–H and O–H groups in total. The quantitative estimate of drug-likeness (QED) is 0.784. The molecule has 0 spiro atoms. The number of nitrogens with zero attached hydrogens (tertiary/aromatic N) is 1. The van der Waals surface area contributed by atoms with E-state index < -0.39 is 0 Å². The first-order valence-electron chi connectivity index (χ1n) is 5.92. The van der Waals surface area contributed by atoms with Gasteiger partial charge >= 0.3 is 0 Å². The van der Waals surface area contributed by atoms with E-state index >= 15 is 0 Å². The maximum Gasteiger partial charge on any atom is 0.232 e. The number of benzene rings is 1. The van der Waals surface area contributed by atoms with Gasteiger partial charge in [0.25, 0.3) is 0 Å². The Morgan fingerprint density at radius 3 is 2.65 bits per heavy atom. The third-order valence-electron chi connectivity index (χ3n) is 2.90. The van der Waals surface area contributed by atoms with Crippen molar-refractivity contribution in [3.63, 3.8) is 0 Å². The smallest absolute Gasteiger partial charge is 0.232 e. The maximum atomic E-state index is 11.9. The normalized spacial score (nSPS) is 15.9. The van der Waals surface area contributed by atoms with Crippen molar-refractivity contribution in [3.05, 3.63) is 29.3 Å². The zero-order valence-electron chi connectivity index (χ0n) is 9.69. The molecule has 0 aliphatic carbocycles. The largest absolute Gasteiger partial charge is 0.342 e. The number of amides is 1. The predicted octanol–water partition coefficient (Wildman–Crippen LogP) is 3.44. The van der Waals surface area contributed by atoms with Crippen molar-refractivity contribution in [2.75, 3.05) is 18.8 Å². The van der Waals surface area contributed by atoms with Crippen molar-refractivity contribution in [2.24, 2.45) is 0 Å². The number of rotatable bonds is 3. The molecule has 0 atom stereocenters. The number of likely N-dealkylation sites (tertiary alicyclic amines) is 1. The maximum absolute atomic E-state index is 11.9. The van der Waals surface area contributed by atoms with E-state index in [9.17, 15) is 4.79 Å². The summed E-state index contributed by atoms with van der Waals surface area (Å²) in [6, 6.07) is 7.66. The highest BCUT2D eigenvalue weighted by Gasteiger charge is 2.16. The first-order chi connectivity index (χ1) is 8.27. The lowest BCUT2D eigenvalue weighted by Gasteiger charge is -2.26. The second-order valence-electron chi connectivity index (χ2n) is 4.16. The highest BCUT2D eigenvalue weighted by molar-refractivity contribution is 8.00. The molecule has 92 valence electrons. The Balaban J connectivity index is 1.85. The van der Waals surface area contributed by atoms with E-state index in [1.165, 1.54) is 18.2 Å². The third kappa shape index (κ3) is 3.65. The molecule has 0 bridgehead atoms. The van der Waals surface area contributed by atoms with Gasteiger partial charge in [-0.25, -0.2) is 0 Å². The molecule has 2 nitrogen and oxygen atoms in total. The summed E-state index contributed by atoms with van der Waals surface area (Å²) in [4.78, 5) is 14.9. The highest BCUT2D eigenvalue weighted by Crippen LogP contribution is 2.26. The Bertz CT molecular complexity index is 391. The van der Waals surface area contributed by atoms with Gasteiger partial charge < -0.3 is 4.90 Å². The molecule has 1 heterocycles. The van der Waals surface area contributed by atoms with Crippen molar-refractivity contribution in [3.8, 4) is 0 Å². The Hall–Kier alpha value is -0.670. The lowest BCUT2D eigenvalue weighted by atomic mass is 10.1. The molecule has 1 aliphatic rings. The van der Waals surface area contributed by atoms with Crippen LogP contribution in [0.5, 0.6) is 0 Å². The molecular weight excluding hydrogens is 254 g/mol. The molecule has 2 rings (SSSR count). The van der Waals surface area contributed by atoms with E-state index in [0.717, 1.165) is 35.8 Å². The average Bonchev–Trinajstić information content (AvgIpc) is 2.38. The van der Waals surface area contributed by atoms with Gasteiger partial charge in [-0.1, -0.05) is 23.7 Å². The van der Waals surface area contributed by atoms with Crippen LogP contribution in [-0.4, -0.2) is 29.6 Å². The summed E-state index contributed by atoms with van der Waals surface area (Å²) >= 11 is 7.57. The fraction of sp³-hybridized carbons (Fsp3) is 0.462. The second-order valence-corrected chi connectivity index (χ2v) is 5.58. The minimum atomic E-state index is 0.231. The van der Waals surface area contributed by atoms with Crippen LogP contribution in [0.15, 0.2) is 29.2 Å². The van der Waals surface area contributed by atoms with Gasteiger partial charge in [-0.15, -0.1) is 11.8 Å². The number of carbonyl (C=O) groups excluding carboxylic acids is 1. The van der Waals surface area contributed by atoms with Crippen molar-refractivity contribution in [2.45, 2.75) is 24.2 Å². The van der Waals surface area contributed by atoms with Gasteiger partial charge in [0.2, 0.25) is 5.91 Å². The average molecular weight is 270 g/mol. The van der Waals surface area contributed by atoms with Crippen molar-refractivity contribution < 1.29 is 4.79 Å². The molecule has 1 fully saturated rings. The van der Waals surface area contributed by atoms with E-state index in [4.69, 9.17) is 11.6 Å². The first kappa shape index (κ1) is 12.8. The molecule has 1 saturated heterocycles. The van der Waals surface area contributed by atoms with Crippen LogP contribution in [0.3, 0.4) is 0 Å². The van der Waals surface area contributed by atoms with Gasteiger partial charge in [0.15, 0.2) is 0 Å². The molecule has 0 radical (unpaired) electrons. The number of halogens is 1. The summed E-state index contributed by atoms with van der Waals surface area (Å²) in [6.45, 7) is 1.84. The van der Waals surface area contributed by atoms with Crippen molar-refractivity contribution in [1.29, 1.82) is 0 Å². The number of piperidine rings is 1. The van der Waals surface area contributed by atoms with Gasteiger partial charge in [-0.05, 0) is 31.4 Å². The summed E-state index contributed by atoms with van der Waals surface area (Å²) in [5.41, 5.74) is 0. The van der Waals surface area contributed by atoms with Gasteiger partial charge in [0.1, 0.15) is 0 Å². The predicted molar refractivity (Wildman–Crippen MR) is 72.6 cm³/mol. The molecule has 17 heavy (non-hydrogen) atoms. The summed E-state index contributed by atoms with van der Waals surface area (Å²) in [6.07, 6.45) is 3.53. The molecular formula is C13H16ClNOS. The van der Waals surface area contributed by atoms with Crippen LogP contribution in [0.1, 0.15) is 19.3 Å². The zero-order valence-corrected chi connectivity index (χ0v) is 11.3. The highest BCUT2D eigenvalue weighted by atomic mass is 35.5. The van der Waals surface area contributed by atoms with E-state index in [2.05, 4.69) is 0 Å². The molecule has 0 aromatic heterocycles. The fourth-order valence-electron chi connectivity index (χ4n) is 1.94. The number of thioether (sulfide) groups is 1.